The van der Waals surface area contributed by atoms with Gasteiger partial charge in [0.15, 0.2) is 5.78 Å². The van der Waals surface area contributed by atoms with Gasteiger partial charge in [0, 0.05) is 6.54 Å². The molecule has 18 heavy (non-hydrogen) atoms. The molecule has 0 aliphatic heterocycles. The van der Waals surface area contributed by atoms with E-state index in [1.165, 1.54) is 50.1 Å². The number of rotatable bonds is 6. The summed E-state index contributed by atoms with van der Waals surface area (Å²) in [6.07, 6.45) is 8.18. The maximum Gasteiger partial charge on any atom is 0.164 e. The van der Waals surface area contributed by atoms with E-state index in [4.69, 9.17) is 0 Å². The Morgan fingerprint density at radius 3 is 2.83 bits per heavy atom. The van der Waals surface area contributed by atoms with Crippen LogP contribution in [0.2, 0.25) is 0 Å². The second-order valence-electron chi connectivity index (χ2n) is 5.25. The summed E-state index contributed by atoms with van der Waals surface area (Å²) >= 11 is 1.41. The number of hydrogen-bond donors (Lipinski definition) is 1. The summed E-state index contributed by atoms with van der Waals surface area (Å²) in [5.41, 5.74) is 1.63. The molecular formula is C14H22N2OS. The molecule has 100 valence electrons. The Balaban J connectivity index is 1.77. The van der Waals surface area contributed by atoms with E-state index in [-0.39, 0.29) is 5.78 Å². The standard InChI is InChI=1S/C14H22N2OS/c1-10-13(11(2)17)14(18-16-10)15-9-5-8-12-6-3-4-7-12/h12,15H,3-9H2,1-2H3. The second-order valence-corrected chi connectivity index (χ2v) is 6.02. The molecule has 1 aromatic heterocycles. The average Bonchev–Trinajstić information content (AvgIpc) is 2.94. The minimum absolute atomic E-state index is 0.111. The van der Waals surface area contributed by atoms with Gasteiger partial charge in [0.1, 0.15) is 5.00 Å². The fraction of sp³-hybridized carbons (Fsp3) is 0.714. The third kappa shape index (κ3) is 3.31. The first kappa shape index (κ1) is 13.5. The number of carbonyl (C=O) groups is 1. The minimum atomic E-state index is 0.111. The van der Waals surface area contributed by atoms with E-state index in [0.717, 1.165) is 28.7 Å². The Morgan fingerprint density at radius 2 is 2.17 bits per heavy atom. The molecule has 4 heteroatoms. The van der Waals surface area contributed by atoms with Crippen LogP contribution in [0.4, 0.5) is 5.00 Å². The molecule has 0 unspecified atom stereocenters. The summed E-state index contributed by atoms with van der Waals surface area (Å²) in [5.74, 6) is 1.06. The van der Waals surface area contributed by atoms with Crippen LogP contribution in [0.25, 0.3) is 0 Å². The van der Waals surface area contributed by atoms with Crippen molar-refractivity contribution >= 4 is 22.3 Å². The van der Waals surface area contributed by atoms with Crippen molar-refractivity contribution in [2.75, 3.05) is 11.9 Å². The van der Waals surface area contributed by atoms with Gasteiger partial charge in [0.25, 0.3) is 0 Å². The molecule has 1 fully saturated rings. The monoisotopic (exact) mass is 266 g/mol. The van der Waals surface area contributed by atoms with E-state index >= 15 is 0 Å². The Bertz CT molecular complexity index is 408. The Labute approximate surface area is 113 Å². The van der Waals surface area contributed by atoms with Crippen molar-refractivity contribution < 1.29 is 4.79 Å². The number of anilines is 1. The zero-order chi connectivity index (χ0) is 13.0. The van der Waals surface area contributed by atoms with Gasteiger partial charge >= 0.3 is 0 Å². The highest BCUT2D eigenvalue weighted by Crippen LogP contribution is 2.29. The zero-order valence-electron chi connectivity index (χ0n) is 11.3. The van der Waals surface area contributed by atoms with E-state index in [1.807, 2.05) is 6.92 Å². The van der Waals surface area contributed by atoms with Gasteiger partial charge in [-0.3, -0.25) is 4.79 Å². The van der Waals surface area contributed by atoms with E-state index in [1.54, 1.807) is 6.92 Å². The maximum atomic E-state index is 11.5. The molecule has 1 aliphatic rings. The van der Waals surface area contributed by atoms with Crippen molar-refractivity contribution in [2.45, 2.75) is 52.4 Å². The van der Waals surface area contributed by atoms with Gasteiger partial charge in [-0.2, -0.15) is 4.37 Å². The number of ketones is 1. The Morgan fingerprint density at radius 1 is 1.44 bits per heavy atom. The molecule has 0 radical (unpaired) electrons. The molecule has 0 spiro atoms. The molecule has 0 amide bonds. The number of carbonyl (C=O) groups excluding carboxylic acids is 1. The molecule has 1 heterocycles. The second kappa shape index (κ2) is 6.32. The van der Waals surface area contributed by atoms with Crippen LogP contribution in [0.5, 0.6) is 0 Å². The van der Waals surface area contributed by atoms with Gasteiger partial charge in [0.05, 0.1) is 11.3 Å². The van der Waals surface area contributed by atoms with Crippen LogP contribution in [0, 0.1) is 12.8 Å². The SMILES string of the molecule is CC(=O)c1c(C)nsc1NCCCC1CCCC1. The topological polar surface area (TPSA) is 42.0 Å². The molecule has 1 saturated carbocycles. The lowest BCUT2D eigenvalue weighted by molar-refractivity contribution is 0.101. The van der Waals surface area contributed by atoms with Crippen molar-refractivity contribution in [1.29, 1.82) is 0 Å². The molecule has 3 nitrogen and oxygen atoms in total. The first-order valence-corrected chi connectivity index (χ1v) is 7.67. The summed E-state index contributed by atoms with van der Waals surface area (Å²) in [6, 6.07) is 0. The van der Waals surface area contributed by atoms with E-state index in [9.17, 15) is 4.79 Å². The van der Waals surface area contributed by atoms with E-state index < -0.39 is 0 Å². The predicted octanol–water partition coefficient (Wildman–Crippen LogP) is 4.04. The number of aryl methyl sites for hydroxylation is 1. The lowest BCUT2D eigenvalue weighted by atomic mass is 10.0. The Kier molecular flexibility index (Phi) is 4.75. The molecule has 0 saturated heterocycles. The molecule has 1 aromatic rings. The number of aromatic nitrogens is 1. The van der Waals surface area contributed by atoms with Crippen molar-refractivity contribution in [3.8, 4) is 0 Å². The highest BCUT2D eigenvalue weighted by Gasteiger charge is 2.16. The first-order chi connectivity index (χ1) is 8.68. The van der Waals surface area contributed by atoms with Gasteiger partial charge in [-0.25, -0.2) is 0 Å². The number of Topliss-reactive ketones (excluding diaryl/α,β-unsaturated/α-hetero) is 1. The van der Waals surface area contributed by atoms with Crippen LogP contribution in [-0.4, -0.2) is 16.7 Å². The summed E-state index contributed by atoms with van der Waals surface area (Å²) in [6.45, 7) is 4.47. The van der Waals surface area contributed by atoms with Crippen LogP contribution in [0.3, 0.4) is 0 Å². The maximum absolute atomic E-state index is 11.5. The summed E-state index contributed by atoms with van der Waals surface area (Å²) in [4.78, 5) is 11.5. The molecule has 2 rings (SSSR count). The minimum Gasteiger partial charge on any atom is -0.375 e. The predicted molar refractivity (Wildman–Crippen MR) is 76.5 cm³/mol. The molecule has 0 bridgehead atoms. The smallest absolute Gasteiger partial charge is 0.164 e. The average molecular weight is 266 g/mol. The third-order valence-corrected chi connectivity index (χ3v) is 4.66. The lowest BCUT2D eigenvalue weighted by Gasteiger charge is -2.09. The highest BCUT2D eigenvalue weighted by atomic mass is 32.1. The van der Waals surface area contributed by atoms with Crippen molar-refractivity contribution in [3.05, 3.63) is 11.3 Å². The van der Waals surface area contributed by atoms with Gasteiger partial charge in [0.2, 0.25) is 0 Å². The van der Waals surface area contributed by atoms with Crippen molar-refractivity contribution in [1.82, 2.24) is 4.37 Å². The van der Waals surface area contributed by atoms with E-state index in [2.05, 4.69) is 9.69 Å². The summed E-state index contributed by atoms with van der Waals surface area (Å²) in [7, 11) is 0. The Hall–Kier alpha value is -0.900. The van der Waals surface area contributed by atoms with E-state index in [0.29, 0.717) is 0 Å². The van der Waals surface area contributed by atoms with Crippen LogP contribution in [0.1, 0.15) is 61.5 Å². The van der Waals surface area contributed by atoms with Gasteiger partial charge in [-0.05, 0) is 44.1 Å². The summed E-state index contributed by atoms with van der Waals surface area (Å²) < 4.78 is 4.25. The third-order valence-electron chi connectivity index (χ3n) is 3.76. The lowest BCUT2D eigenvalue weighted by Crippen LogP contribution is -2.06. The normalized spacial score (nSPS) is 16.1. The quantitative estimate of drug-likeness (QED) is 0.624. The molecule has 0 aromatic carbocycles. The van der Waals surface area contributed by atoms with Crippen molar-refractivity contribution in [3.63, 3.8) is 0 Å². The van der Waals surface area contributed by atoms with Crippen molar-refractivity contribution in [2.24, 2.45) is 5.92 Å². The number of nitrogens with zero attached hydrogens (tertiary/aromatic N) is 1. The highest BCUT2D eigenvalue weighted by molar-refractivity contribution is 7.10. The van der Waals surface area contributed by atoms with Crippen LogP contribution < -0.4 is 5.32 Å². The molecular weight excluding hydrogens is 244 g/mol. The fourth-order valence-electron chi connectivity index (χ4n) is 2.80. The van der Waals surface area contributed by atoms with Crippen LogP contribution >= 0.6 is 11.5 Å². The largest absolute Gasteiger partial charge is 0.375 e. The van der Waals surface area contributed by atoms with Gasteiger partial charge in [-0.15, -0.1) is 0 Å². The fourth-order valence-corrected chi connectivity index (χ4v) is 3.67. The number of nitrogens with one attached hydrogen (secondary N) is 1. The molecule has 1 aliphatic carbocycles. The van der Waals surface area contributed by atoms with Crippen LogP contribution in [-0.2, 0) is 0 Å². The number of hydrogen-bond acceptors (Lipinski definition) is 4. The van der Waals surface area contributed by atoms with Gasteiger partial charge < -0.3 is 5.32 Å². The van der Waals surface area contributed by atoms with Crippen LogP contribution in [0.15, 0.2) is 0 Å². The first-order valence-electron chi connectivity index (χ1n) is 6.89. The molecule has 1 N–H and O–H groups in total. The van der Waals surface area contributed by atoms with Gasteiger partial charge in [-0.1, -0.05) is 25.7 Å². The molecule has 0 atom stereocenters. The zero-order valence-corrected chi connectivity index (χ0v) is 12.1. The summed E-state index contributed by atoms with van der Waals surface area (Å²) in [5, 5.41) is 4.32.